The van der Waals surface area contributed by atoms with Crippen LogP contribution in [0.2, 0.25) is 5.02 Å². The van der Waals surface area contributed by atoms with Crippen molar-refractivity contribution in [2.24, 2.45) is 0 Å². The van der Waals surface area contributed by atoms with Gasteiger partial charge in [-0.25, -0.2) is 18.4 Å². The van der Waals surface area contributed by atoms with E-state index in [-0.39, 0.29) is 0 Å². The number of sulfonamides is 1. The zero-order valence-corrected chi connectivity index (χ0v) is 21.1. The second kappa shape index (κ2) is 10.7. The number of hydrogen-bond donors (Lipinski definition) is 0. The fraction of sp³-hybridized carbons (Fsp3) is 0.308. The quantitative estimate of drug-likeness (QED) is 0.488. The summed E-state index contributed by atoms with van der Waals surface area (Å²) in [5.41, 5.74) is 4.00. The molecule has 4 rings (SSSR count). The summed E-state index contributed by atoms with van der Waals surface area (Å²) >= 11 is 6.05. The highest BCUT2D eigenvalue weighted by Crippen LogP contribution is 2.26. The van der Waals surface area contributed by atoms with Gasteiger partial charge in [-0.05, 0) is 49.6 Å². The summed E-state index contributed by atoms with van der Waals surface area (Å²) in [6, 6.07) is 17.3. The molecule has 0 aliphatic carbocycles. The van der Waals surface area contributed by atoms with Gasteiger partial charge >= 0.3 is 0 Å². The molecule has 0 spiro atoms. The standard InChI is InChI=1S/C26H29ClN4O2S/c1-20-25(19-23-9-11-24(27)12-10-23)26(29-21(2)28-20)30-14-6-15-31(17-16-30)34(32,33)18-13-22-7-4-3-5-8-22/h3-5,7-13,18H,6,14-17,19H2,1-2H3. The Morgan fingerprint density at radius 3 is 2.41 bits per heavy atom. The molecule has 3 aromatic rings. The van der Waals surface area contributed by atoms with Crippen molar-refractivity contribution >= 4 is 33.5 Å². The minimum atomic E-state index is -3.51. The lowest BCUT2D eigenvalue weighted by Gasteiger charge is -2.25. The number of hydrogen-bond acceptors (Lipinski definition) is 5. The molecule has 1 saturated heterocycles. The largest absolute Gasteiger partial charge is 0.355 e. The summed E-state index contributed by atoms with van der Waals surface area (Å²) in [6.45, 7) is 6.09. The third-order valence-corrected chi connectivity index (χ3v) is 7.76. The molecule has 6 nitrogen and oxygen atoms in total. The van der Waals surface area contributed by atoms with Crippen LogP contribution in [0.1, 0.15) is 34.6 Å². The van der Waals surface area contributed by atoms with Crippen LogP contribution in [0.4, 0.5) is 5.82 Å². The SMILES string of the molecule is Cc1nc(C)c(Cc2ccc(Cl)cc2)c(N2CCCN(S(=O)(=O)C=Cc3ccccc3)CC2)n1. The highest BCUT2D eigenvalue weighted by molar-refractivity contribution is 7.92. The van der Waals surface area contributed by atoms with Crippen LogP contribution in [0.15, 0.2) is 60.0 Å². The third kappa shape index (κ3) is 6.03. The van der Waals surface area contributed by atoms with E-state index in [1.807, 2.05) is 68.4 Å². The van der Waals surface area contributed by atoms with Crippen LogP contribution in [0.25, 0.3) is 6.08 Å². The van der Waals surface area contributed by atoms with Gasteiger partial charge in [-0.15, -0.1) is 0 Å². The Kier molecular flexibility index (Phi) is 7.66. The molecule has 0 unspecified atom stereocenters. The zero-order valence-electron chi connectivity index (χ0n) is 19.5. The second-order valence-corrected chi connectivity index (χ2v) is 10.7. The monoisotopic (exact) mass is 496 g/mol. The number of rotatable bonds is 6. The molecule has 2 aromatic carbocycles. The Labute approximate surface area is 207 Å². The van der Waals surface area contributed by atoms with Crippen molar-refractivity contribution in [3.63, 3.8) is 0 Å². The first kappa shape index (κ1) is 24.4. The van der Waals surface area contributed by atoms with Gasteiger partial charge in [0.15, 0.2) is 0 Å². The van der Waals surface area contributed by atoms with E-state index in [4.69, 9.17) is 16.6 Å². The van der Waals surface area contributed by atoms with Gasteiger partial charge in [-0.1, -0.05) is 54.1 Å². The molecule has 0 bridgehead atoms. The molecule has 0 atom stereocenters. The van der Waals surface area contributed by atoms with Gasteiger partial charge in [0.1, 0.15) is 11.6 Å². The number of nitrogens with zero attached hydrogens (tertiary/aromatic N) is 4. The molecule has 1 aliphatic rings. The van der Waals surface area contributed by atoms with Crippen LogP contribution in [-0.4, -0.2) is 48.9 Å². The summed E-state index contributed by atoms with van der Waals surface area (Å²) in [5, 5.41) is 2.01. The highest BCUT2D eigenvalue weighted by atomic mass is 35.5. The summed E-state index contributed by atoms with van der Waals surface area (Å²) in [7, 11) is -3.51. The van der Waals surface area contributed by atoms with Gasteiger partial charge in [0.2, 0.25) is 10.0 Å². The van der Waals surface area contributed by atoms with E-state index < -0.39 is 10.0 Å². The average Bonchev–Trinajstić information content (AvgIpc) is 3.08. The predicted molar refractivity (Wildman–Crippen MR) is 139 cm³/mol. The molecule has 0 radical (unpaired) electrons. The molecule has 178 valence electrons. The first-order chi connectivity index (χ1) is 16.3. The van der Waals surface area contributed by atoms with Crippen LogP contribution in [0.3, 0.4) is 0 Å². The number of aromatic nitrogens is 2. The average molecular weight is 497 g/mol. The lowest BCUT2D eigenvalue weighted by molar-refractivity contribution is 0.440. The summed E-state index contributed by atoms with van der Waals surface area (Å²) < 4.78 is 27.5. The zero-order chi connectivity index (χ0) is 24.1. The molecule has 1 aliphatic heterocycles. The van der Waals surface area contributed by atoms with E-state index >= 15 is 0 Å². The van der Waals surface area contributed by atoms with E-state index in [0.717, 1.165) is 41.2 Å². The van der Waals surface area contributed by atoms with Crippen molar-refractivity contribution in [2.75, 3.05) is 31.1 Å². The van der Waals surface area contributed by atoms with Crippen LogP contribution >= 0.6 is 11.6 Å². The van der Waals surface area contributed by atoms with Gasteiger partial charge in [0.25, 0.3) is 0 Å². The molecule has 2 heterocycles. The lowest BCUT2D eigenvalue weighted by Crippen LogP contribution is -2.34. The fourth-order valence-electron chi connectivity index (χ4n) is 4.17. The topological polar surface area (TPSA) is 66.4 Å². The van der Waals surface area contributed by atoms with Crippen molar-refractivity contribution in [1.82, 2.24) is 14.3 Å². The fourth-order valence-corrected chi connectivity index (χ4v) is 5.51. The van der Waals surface area contributed by atoms with Crippen molar-refractivity contribution < 1.29 is 8.42 Å². The van der Waals surface area contributed by atoms with E-state index in [2.05, 4.69) is 9.88 Å². The molecule has 0 amide bonds. The minimum Gasteiger partial charge on any atom is -0.355 e. The Hall–Kier alpha value is -2.74. The van der Waals surface area contributed by atoms with Gasteiger partial charge in [0, 0.05) is 54.3 Å². The number of benzene rings is 2. The van der Waals surface area contributed by atoms with E-state index in [0.29, 0.717) is 36.9 Å². The van der Waals surface area contributed by atoms with Gasteiger partial charge in [0.05, 0.1) is 0 Å². The van der Waals surface area contributed by atoms with Crippen molar-refractivity contribution in [3.05, 3.63) is 93.2 Å². The first-order valence-corrected chi connectivity index (χ1v) is 13.3. The minimum absolute atomic E-state index is 0.407. The third-order valence-electron chi connectivity index (χ3n) is 5.94. The summed E-state index contributed by atoms with van der Waals surface area (Å²) in [5.74, 6) is 1.60. The van der Waals surface area contributed by atoms with Crippen LogP contribution in [0.5, 0.6) is 0 Å². The molecule has 34 heavy (non-hydrogen) atoms. The molecule has 1 aromatic heterocycles. The maximum Gasteiger partial charge on any atom is 0.236 e. The van der Waals surface area contributed by atoms with Gasteiger partial charge < -0.3 is 4.90 Å². The Morgan fingerprint density at radius 2 is 1.68 bits per heavy atom. The first-order valence-electron chi connectivity index (χ1n) is 11.4. The lowest BCUT2D eigenvalue weighted by atomic mass is 10.0. The molecular formula is C26H29ClN4O2S. The smallest absolute Gasteiger partial charge is 0.236 e. The highest BCUT2D eigenvalue weighted by Gasteiger charge is 2.25. The number of aryl methyl sites for hydroxylation is 2. The van der Waals surface area contributed by atoms with E-state index in [1.165, 1.54) is 5.41 Å². The Bertz CT molecular complexity index is 1260. The Morgan fingerprint density at radius 1 is 0.941 bits per heavy atom. The molecule has 1 fully saturated rings. The summed E-state index contributed by atoms with van der Waals surface area (Å²) in [6.07, 6.45) is 3.07. The predicted octanol–water partition coefficient (Wildman–Crippen LogP) is 4.85. The van der Waals surface area contributed by atoms with E-state index in [1.54, 1.807) is 10.4 Å². The second-order valence-electron chi connectivity index (χ2n) is 8.46. The normalized spacial score (nSPS) is 15.6. The molecule has 0 N–H and O–H groups in total. The van der Waals surface area contributed by atoms with Crippen molar-refractivity contribution in [1.29, 1.82) is 0 Å². The van der Waals surface area contributed by atoms with Crippen LogP contribution in [-0.2, 0) is 16.4 Å². The van der Waals surface area contributed by atoms with Crippen molar-refractivity contribution in [3.8, 4) is 0 Å². The summed E-state index contributed by atoms with van der Waals surface area (Å²) in [4.78, 5) is 11.6. The van der Waals surface area contributed by atoms with Gasteiger partial charge in [-0.2, -0.15) is 4.31 Å². The number of halogens is 1. The molecule has 0 saturated carbocycles. The maximum absolute atomic E-state index is 13.0. The van der Waals surface area contributed by atoms with Crippen LogP contribution in [0, 0.1) is 13.8 Å². The number of anilines is 1. The van der Waals surface area contributed by atoms with Gasteiger partial charge in [-0.3, -0.25) is 0 Å². The molecule has 8 heteroatoms. The Balaban J connectivity index is 1.54. The molecular weight excluding hydrogens is 468 g/mol. The van der Waals surface area contributed by atoms with E-state index in [9.17, 15) is 8.42 Å². The van der Waals surface area contributed by atoms with Crippen LogP contribution < -0.4 is 4.90 Å². The van der Waals surface area contributed by atoms with Crippen molar-refractivity contribution in [2.45, 2.75) is 26.7 Å². The maximum atomic E-state index is 13.0.